The summed E-state index contributed by atoms with van der Waals surface area (Å²) in [7, 11) is 1.74. The van der Waals surface area contributed by atoms with E-state index in [1.165, 1.54) is 0 Å². The SMILES string of the molecule is CC[C@@H](COC(=O)Nc1cc2ccccc2cn1)NC(=O)N(C)Cc1ccccc1C. The maximum Gasteiger partial charge on any atom is 0.412 e. The van der Waals surface area contributed by atoms with Crippen molar-refractivity contribution in [2.24, 2.45) is 0 Å². The molecule has 162 valence electrons. The molecule has 0 spiro atoms. The lowest BCUT2D eigenvalue weighted by atomic mass is 10.1. The monoisotopic (exact) mass is 420 g/mol. The molecule has 31 heavy (non-hydrogen) atoms. The van der Waals surface area contributed by atoms with E-state index in [1.54, 1.807) is 24.2 Å². The molecule has 0 radical (unpaired) electrons. The van der Waals surface area contributed by atoms with Crippen molar-refractivity contribution in [3.8, 4) is 0 Å². The molecule has 7 heteroatoms. The van der Waals surface area contributed by atoms with Gasteiger partial charge in [-0.05, 0) is 35.9 Å². The Balaban J connectivity index is 1.48. The number of benzene rings is 2. The number of urea groups is 1. The summed E-state index contributed by atoms with van der Waals surface area (Å²) < 4.78 is 5.31. The molecule has 0 unspecified atom stereocenters. The zero-order valence-electron chi connectivity index (χ0n) is 18.1. The number of hydrogen-bond acceptors (Lipinski definition) is 4. The van der Waals surface area contributed by atoms with Crippen LogP contribution in [0.25, 0.3) is 10.8 Å². The van der Waals surface area contributed by atoms with Crippen LogP contribution in [-0.4, -0.2) is 41.7 Å². The van der Waals surface area contributed by atoms with Crippen molar-refractivity contribution in [1.82, 2.24) is 15.2 Å². The number of carbonyl (C=O) groups excluding carboxylic acids is 2. The van der Waals surface area contributed by atoms with Crippen molar-refractivity contribution < 1.29 is 14.3 Å². The Hall–Kier alpha value is -3.61. The van der Waals surface area contributed by atoms with Gasteiger partial charge in [0.05, 0.1) is 6.04 Å². The van der Waals surface area contributed by atoms with Gasteiger partial charge < -0.3 is 15.0 Å². The molecule has 0 aliphatic heterocycles. The summed E-state index contributed by atoms with van der Waals surface area (Å²) in [6.07, 6.45) is 1.72. The van der Waals surface area contributed by atoms with Gasteiger partial charge in [0.1, 0.15) is 12.4 Å². The predicted octanol–water partition coefficient (Wildman–Crippen LogP) is 4.71. The molecule has 0 bridgehead atoms. The standard InChI is InChI=1S/C24H28N4O3/c1-4-21(26-23(29)28(3)15-20-12-6-5-9-17(20)2)16-31-24(30)27-22-13-18-10-7-8-11-19(18)14-25-22/h5-14,21H,4,15-16H2,1-3H3,(H,26,29)(H,25,27,30)/t21-/m0/s1. The van der Waals surface area contributed by atoms with Crippen molar-refractivity contribution >= 4 is 28.7 Å². The fourth-order valence-electron chi connectivity index (χ4n) is 3.13. The largest absolute Gasteiger partial charge is 0.447 e. The second-order valence-electron chi connectivity index (χ2n) is 7.48. The molecule has 0 aliphatic carbocycles. The number of anilines is 1. The van der Waals surface area contributed by atoms with E-state index < -0.39 is 6.09 Å². The summed E-state index contributed by atoms with van der Waals surface area (Å²) in [6, 6.07) is 17.0. The van der Waals surface area contributed by atoms with E-state index in [4.69, 9.17) is 4.74 Å². The van der Waals surface area contributed by atoms with Crippen LogP contribution in [0.5, 0.6) is 0 Å². The number of carbonyl (C=O) groups is 2. The lowest BCUT2D eigenvalue weighted by Gasteiger charge is -2.23. The predicted molar refractivity (Wildman–Crippen MR) is 122 cm³/mol. The van der Waals surface area contributed by atoms with E-state index in [0.29, 0.717) is 18.8 Å². The molecule has 0 fully saturated rings. The van der Waals surface area contributed by atoms with Gasteiger partial charge in [-0.2, -0.15) is 0 Å². The highest BCUT2D eigenvalue weighted by atomic mass is 16.5. The molecule has 3 aromatic rings. The van der Waals surface area contributed by atoms with Gasteiger partial charge in [0, 0.05) is 25.2 Å². The first-order chi connectivity index (χ1) is 15.0. The van der Waals surface area contributed by atoms with Crippen LogP contribution in [0.2, 0.25) is 0 Å². The number of aromatic nitrogens is 1. The molecular formula is C24H28N4O3. The van der Waals surface area contributed by atoms with Crippen LogP contribution in [-0.2, 0) is 11.3 Å². The van der Waals surface area contributed by atoms with Crippen LogP contribution in [0.4, 0.5) is 15.4 Å². The van der Waals surface area contributed by atoms with Gasteiger partial charge in [-0.15, -0.1) is 0 Å². The van der Waals surface area contributed by atoms with E-state index in [9.17, 15) is 9.59 Å². The summed E-state index contributed by atoms with van der Waals surface area (Å²) in [6.45, 7) is 4.52. The summed E-state index contributed by atoms with van der Waals surface area (Å²) in [4.78, 5) is 30.5. The summed E-state index contributed by atoms with van der Waals surface area (Å²) in [5.41, 5.74) is 2.23. The zero-order chi connectivity index (χ0) is 22.2. The molecule has 1 atom stereocenters. The molecule has 3 rings (SSSR count). The van der Waals surface area contributed by atoms with Crippen LogP contribution >= 0.6 is 0 Å². The Morgan fingerprint density at radius 1 is 1.10 bits per heavy atom. The van der Waals surface area contributed by atoms with E-state index in [-0.39, 0.29) is 18.7 Å². The molecule has 1 aromatic heterocycles. The number of pyridine rings is 1. The van der Waals surface area contributed by atoms with Crippen LogP contribution in [0, 0.1) is 6.92 Å². The lowest BCUT2D eigenvalue weighted by Crippen LogP contribution is -2.45. The quantitative estimate of drug-likeness (QED) is 0.580. The number of hydrogen-bond donors (Lipinski definition) is 2. The molecule has 3 amide bonds. The first-order valence-corrected chi connectivity index (χ1v) is 10.3. The van der Waals surface area contributed by atoms with Crippen LogP contribution < -0.4 is 10.6 Å². The third kappa shape index (κ3) is 6.18. The number of aryl methyl sites for hydroxylation is 1. The maximum atomic E-state index is 12.5. The minimum atomic E-state index is -0.608. The molecule has 0 saturated carbocycles. The Kier molecular flexibility index (Phi) is 7.43. The van der Waals surface area contributed by atoms with Gasteiger partial charge in [0.2, 0.25) is 0 Å². The Bertz CT molecular complexity index is 1050. The number of nitrogens with one attached hydrogen (secondary N) is 2. The maximum absolute atomic E-state index is 12.5. The fraction of sp³-hybridized carbons (Fsp3) is 0.292. The van der Waals surface area contributed by atoms with E-state index in [0.717, 1.165) is 21.9 Å². The molecule has 2 aromatic carbocycles. The van der Waals surface area contributed by atoms with Crippen molar-refractivity contribution in [3.63, 3.8) is 0 Å². The van der Waals surface area contributed by atoms with Crippen LogP contribution in [0.15, 0.2) is 60.8 Å². The smallest absolute Gasteiger partial charge is 0.412 e. The number of fused-ring (bicyclic) bond motifs is 1. The van der Waals surface area contributed by atoms with Crippen LogP contribution in [0.1, 0.15) is 24.5 Å². The summed E-state index contributed by atoms with van der Waals surface area (Å²) in [5, 5.41) is 7.51. The number of amides is 3. The van der Waals surface area contributed by atoms with E-state index in [2.05, 4.69) is 15.6 Å². The minimum Gasteiger partial charge on any atom is -0.447 e. The molecule has 1 heterocycles. The average molecular weight is 421 g/mol. The molecule has 2 N–H and O–H groups in total. The first-order valence-electron chi connectivity index (χ1n) is 10.3. The lowest BCUT2D eigenvalue weighted by molar-refractivity contribution is 0.143. The van der Waals surface area contributed by atoms with Gasteiger partial charge in [-0.1, -0.05) is 55.5 Å². The van der Waals surface area contributed by atoms with Gasteiger partial charge in [-0.3, -0.25) is 5.32 Å². The molecule has 0 aliphatic rings. The number of ether oxygens (including phenoxy) is 1. The minimum absolute atomic E-state index is 0.0693. The molecular weight excluding hydrogens is 392 g/mol. The van der Waals surface area contributed by atoms with Crippen molar-refractivity contribution in [1.29, 1.82) is 0 Å². The average Bonchev–Trinajstić information content (AvgIpc) is 2.77. The molecule has 0 saturated heterocycles. The van der Waals surface area contributed by atoms with Crippen molar-refractivity contribution in [3.05, 3.63) is 71.9 Å². The summed E-state index contributed by atoms with van der Waals surface area (Å²) in [5.74, 6) is 0.416. The van der Waals surface area contributed by atoms with Crippen molar-refractivity contribution in [2.45, 2.75) is 32.9 Å². The normalized spacial score (nSPS) is 11.6. The second-order valence-corrected chi connectivity index (χ2v) is 7.48. The third-order valence-corrected chi connectivity index (χ3v) is 5.11. The van der Waals surface area contributed by atoms with Gasteiger partial charge >= 0.3 is 12.1 Å². The number of nitrogens with zero attached hydrogens (tertiary/aromatic N) is 2. The van der Waals surface area contributed by atoms with E-state index in [1.807, 2.05) is 62.4 Å². The second kappa shape index (κ2) is 10.4. The zero-order valence-corrected chi connectivity index (χ0v) is 18.1. The highest BCUT2D eigenvalue weighted by molar-refractivity contribution is 5.89. The Morgan fingerprint density at radius 2 is 1.81 bits per heavy atom. The van der Waals surface area contributed by atoms with Gasteiger partial charge in [0.15, 0.2) is 0 Å². The summed E-state index contributed by atoms with van der Waals surface area (Å²) >= 11 is 0. The first kappa shape index (κ1) is 22.1. The van der Waals surface area contributed by atoms with Crippen molar-refractivity contribution in [2.75, 3.05) is 19.0 Å². The Morgan fingerprint density at radius 3 is 2.55 bits per heavy atom. The molecule has 7 nitrogen and oxygen atoms in total. The highest BCUT2D eigenvalue weighted by Gasteiger charge is 2.17. The van der Waals surface area contributed by atoms with Gasteiger partial charge in [0.25, 0.3) is 0 Å². The van der Waals surface area contributed by atoms with E-state index >= 15 is 0 Å². The topological polar surface area (TPSA) is 83.6 Å². The third-order valence-electron chi connectivity index (χ3n) is 5.11. The van der Waals surface area contributed by atoms with Crippen LogP contribution in [0.3, 0.4) is 0 Å². The fourth-order valence-corrected chi connectivity index (χ4v) is 3.13. The Labute approximate surface area is 182 Å². The number of rotatable bonds is 7. The highest BCUT2D eigenvalue weighted by Crippen LogP contribution is 2.16. The van der Waals surface area contributed by atoms with Gasteiger partial charge in [-0.25, -0.2) is 14.6 Å².